The third-order valence-electron chi connectivity index (χ3n) is 2.66. The molecule has 0 saturated carbocycles. The average Bonchev–Trinajstić information content (AvgIpc) is 3.04. The summed E-state index contributed by atoms with van der Waals surface area (Å²) in [5, 5.41) is 9.02. The Balaban J connectivity index is 1.66. The maximum Gasteiger partial charge on any atom is 0.250 e. The summed E-state index contributed by atoms with van der Waals surface area (Å²) in [6.45, 7) is 1.98. The zero-order valence-corrected chi connectivity index (χ0v) is 10.7. The molecule has 2 heterocycles. The zero-order valence-electron chi connectivity index (χ0n) is 10.7. The fourth-order valence-corrected chi connectivity index (χ4v) is 1.74. The number of benzene rings is 1. The van der Waals surface area contributed by atoms with E-state index in [1.165, 1.54) is 6.08 Å². The summed E-state index contributed by atoms with van der Waals surface area (Å²) in [5.74, 6) is 1.98. The maximum atomic E-state index is 11.7. The maximum absolute atomic E-state index is 11.7. The SMILES string of the molecule is Cc1nc(NC(=O)/C=C/c2ccc3c(c2)OCO3)n[nH]1. The van der Waals surface area contributed by atoms with E-state index in [0.29, 0.717) is 17.3 Å². The van der Waals surface area contributed by atoms with Crippen molar-refractivity contribution in [2.75, 3.05) is 12.1 Å². The van der Waals surface area contributed by atoms with Crippen molar-refractivity contribution in [3.8, 4) is 11.5 Å². The molecule has 102 valence electrons. The van der Waals surface area contributed by atoms with Crippen molar-refractivity contribution in [1.29, 1.82) is 0 Å². The van der Waals surface area contributed by atoms with E-state index in [1.807, 2.05) is 12.1 Å². The molecular formula is C13H12N4O3. The Morgan fingerprint density at radius 2 is 2.25 bits per heavy atom. The topological polar surface area (TPSA) is 89.1 Å². The number of hydrogen-bond donors (Lipinski definition) is 2. The lowest BCUT2D eigenvalue weighted by Gasteiger charge is -1.98. The number of amides is 1. The molecule has 0 unspecified atom stereocenters. The molecule has 1 aromatic heterocycles. The first-order valence-electron chi connectivity index (χ1n) is 5.98. The first-order valence-corrected chi connectivity index (χ1v) is 5.98. The number of carbonyl (C=O) groups is 1. The van der Waals surface area contributed by atoms with Crippen LogP contribution in [0.1, 0.15) is 11.4 Å². The van der Waals surface area contributed by atoms with E-state index in [2.05, 4.69) is 20.5 Å². The number of aromatic nitrogens is 3. The highest BCUT2D eigenvalue weighted by atomic mass is 16.7. The van der Waals surface area contributed by atoms with Crippen LogP contribution in [-0.4, -0.2) is 27.9 Å². The van der Waals surface area contributed by atoms with Gasteiger partial charge in [-0.25, -0.2) is 0 Å². The molecule has 7 heteroatoms. The summed E-state index contributed by atoms with van der Waals surface area (Å²) in [6.07, 6.45) is 3.08. The van der Waals surface area contributed by atoms with E-state index in [-0.39, 0.29) is 18.6 Å². The molecule has 1 aromatic carbocycles. The summed E-state index contributed by atoms with van der Waals surface area (Å²) in [5.41, 5.74) is 0.843. The average molecular weight is 272 g/mol. The van der Waals surface area contributed by atoms with Gasteiger partial charge < -0.3 is 9.47 Å². The van der Waals surface area contributed by atoms with E-state index in [1.54, 1.807) is 19.1 Å². The number of H-pyrrole nitrogens is 1. The Morgan fingerprint density at radius 3 is 3.05 bits per heavy atom. The zero-order chi connectivity index (χ0) is 13.9. The predicted octanol–water partition coefficient (Wildman–Crippen LogP) is 1.49. The molecule has 2 N–H and O–H groups in total. The van der Waals surface area contributed by atoms with Gasteiger partial charge in [-0.15, -0.1) is 5.10 Å². The fourth-order valence-electron chi connectivity index (χ4n) is 1.74. The van der Waals surface area contributed by atoms with Gasteiger partial charge in [0.25, 0.3) is 5.91 Å². The molecule has 0 fully saturated rings. The normalized spacial score (nSPS) is 12.8. The van der Waals surface area contributed by atoms with Crippen LogP contribution in [0.2, 0.25) is 0 Å². The summed E-state index contributed by atoms with van der Waals surface area (Å²) in [7, 11) is 0. The number of nitrogens with zero attached hydrogens (tertiary/aromatic N) is 2. The Hall–Kier alpha value is -2.83. The lowest BCUT2D eigenvalue weighted by atomic mass is 10.2. The van der Waals surface area contributed by atoms with Crippen molar-refractivity contribution in [3.63, 3.8) is 0 Å². The number of ether oxygens (including phenoxy) is 2. The minimum absolute atomic E-state index is 0.229. The highest BCUT2D eigenvalue weighted by Gasteiger charge is 2.12. The Morgan fingerprint density at radius 1 is 1.40 bits per heavy atom. The number of carbonyl (C=O) groups excluding carboxylic acids is 1. The molecule has 0 atom stereocenters. The van der Waals surface area contributed by atoms with Crippen LogP contribution in [0.15, 0.2) is 24.3 Å². The van der Waals surface area contributed by atoms with Gasteiger partial charge >= 0.3 is 0 Å². The largest absolute Gasteiger partial charge is 0.454 e. The first-order chi connectivity index (χ1) is 9.70. The number of hydrogen-bond acceptors (Lipinski definition) is 5. The Kier molecular flexibility index (Phi) is 3.08. The number of anilines is 1. The van der Waals surface area contributed by atoms with Gasteiger partial charge in [-0.05, 0) is 30.7 Å². The molecule has 2 aromatic rings. The van der Waals surface area contributed by atoms with Gasteiger partial charge in [-0.3, -0.25) is 15.2 Å². The van der Waals surface area contributed by atoms with Crippen LogP contribution in [-0.2, 0) is 4.79 Å². The second kappa shape index (κ2) is 5.04. The monoisotopic (exact) mass is 272 g/mol. The molecule has 20 heavy (non-hydrogen) atoms. The van der Waals surface area contributed by atoms with E-state index in [0.717, 1.165) is 5.56 Å². The molecule has 1 amide bonds. The van der Waals surface area contributed by atoms with Crippen LogP contribution >= 0.6 is 0 Å². The first kappa shape index (κ1) is 12.2. The molecule has 1 aliphatic rings. The number of fused-ring (bicyclic) bond motifs is 1. The molecule has 0 bridgehead atoms. The Bertz CT molecular complexity index is 678. The van der Waals surface area contributed by atoms with Crippen molar-refractivity contribution >= 4 is 17.9 Å². The predicted molar refractivity (Wildman–Crippen MR) is 71.3 cm³/mol. The van der Waals surface area contributed by atoms with E-state index in [4.69, 9.17) is 9.47 Å². The van der Waals surface area contributed by atoms with E-state index >= 15 is 0 Å². The summed E-state index contributed by atoms with van der Waals surface area (Å²) >= 11 is 0. The molecule has 7 nitrogen and oxygen atoms in total. The van der Waals surface area contributed by atoms with E-state index < -0.39 is 0 Å². The standard InChI is InChI=1S/C13H12N4O3/c1-8-14-13(17-16-8)15-12(18)5-3-9-2-4-10-11(6-9)20-7-19-10/h2-6H,7H2,1H3,(H2,14,15,16,17,18)/b5-3+. The highest BCUT2D eigenvalue weighted by molar-refractivity contribution is 6.00. The highest BCUT2D eigenvalue weighted by Crippen LogP contribution is 2.32. The van der Waals surface area contributed by atoms with Crippen molar-refractivity contribution in [2.45, 2.75) is 6.92 Å². The summed E-state index contributed by atoms with van der Waals surface area (Å²) in [4.78, 5) is 15.7. The van der Waals surface area contributed by atoms with Crippen LogP contribution in [0, 0.1) is 6.92 Å². The van der Waals surface area contributed by atoms with Crippen molar-refractivity contribution in [3.05, 3.63) is 35.7 Å². The van der Waals surface area contributed by atoms with Crippen LogP contribution < -0.4 is 14.8 Å². The molecule has 0 saturated heterocycles. The molecule has 0 aliphatic carbocycles. The minimum atomic E-state index is -0.304. The molecule has 0 spiro atoms. The van der Waals surface area contributed by atoms with Crippen LogP contribution in [0.4, 0.5) is 5.95 Å². The number of aryl methyl sites for hydroxylation is 1. The Labute approximate surface area is 114 Å². The van der Waals surface area contributed by atoms with Gasteiger partial charge in [0.05, 0.1) is 0 Å². The smallest absolute Gasteiger partial charge is 0.250 e. The van der Waals surface area contributed by atoms with Gasteiger partial charge in [-0.1, -0.05) is 6.07 Å². The van der Waals surface area contributed by atoms with Crippen LogP contribution in [0.5, 0.6) is 11.5 Å². The number of nitrogens with one attached hydrogen (secondary N) is 2. The molecule has 0 radical (unpaired) electrons. The molecular weight excluding hydrogens is 260 g/mol. The molecule has 1 aliphatic heterocycles. The van der Waals surface area contributed by atoms with Gasteiger partial charge in [0, 0.05) is 6.08 Å². The lowest BCUT2D eigenvalue weighted by Crippen LogP contribution is -2.09. The summed E-state index contributed by atoms with van der Waals surface area (Å²) < 4.78 is 10.5. The second-order valence-corrected chi connectivity index (χ2v) is 4.18. The van der Waals surface area contributed by atoms with Crippen molar-refractivity contribution in [2.24, 2.45) is 0 Å². The van der Waals surface area contributed by atoms with Gasteiger partial charge in [0.1, 0.15) is 5.82 Å². The molecule has 3 rings (SSSR count). The van der Waals surface area contributed by atoms with Crippen molar-refractivity contribution < 1.29 is 14.3 Å². The van der Waals surface area contributed by atoms with Crippen molar-refractivity contribution in [1.82, 2.24) is 15.2 Å². The summed E-state index contributed by atoms with van der Waals surface area (Å²) in [6, 6.07) is 5.45. The minimum Gasteiger partial charge on any atom is -0.454 e. The third-order valence-corrected chi connectivity index (χ3v) is 2.66. The lowest BCUT2D eigenvalue weighted by molar-refractivity contribution is -0.111. The van der Waals surface area contributed by atoms with E-state index in [9.17, 15) is 4.79 Å². The third kappa shape index (κ3) is 2.61. The van der Waals surface area contributed by atoms with Crippen LogP contribution in [0.25, 0.3) is 6.08 Å². The number of rotatable bonds is 3. The second-order valence-electron chi connectivity index (χ2n) is 4.18. The van der Waals surface area contributed by atoms with Gasteiger partial charge in [0.15, 0.2) is 11.5 Å². The quantitative estimate of drug-likeness (QED) is 0.826. The van der Waals surface area contributed by atoms with Gasteiger partial charge in [0.2, 0.25) is 12.7 Å². The van der Waals surface area contributed by atoms with Crippen LogP contribution in [0.3, 0.4) is 0 Å². The number of aromatic amines is 1. The van der Waals surface area contributed by atoms with Gasteiger partial charge in [-0.2, -0.15) is 4.98 Å². The fraction of sp³-hybridized carbons (Fsp3) is 0.154.